The van der Waals surface area contributed by atoms with Gasteiger partial charge in [0.15, 0.2) is 5.13 Å². The fraction of sp³-hybridized carbons (Fsp3) is 0.227. The molecule has 3 aromatic heterocycles. The van der Waals surface area contributed by atoms with Crippen molar-refractivity contribution in [1.82, 2.24) is 14.4 Å². The van der Waals surface area contributed by atoms with E-state index in [9.17, 15) is 4.79 Å². The molecule has 0 radical (unpaired) electrons. The molecular formula is C22H20N4OS. The number of aryl methyl sites for hydroxylation is 2. The highest BCUT2D eigenvalue weighted by atomic mass is 32.1. The maximum Gasteiger partial charge on any atom is 0.232 e. The topological polar surface area (TPSA) is 59.3 Å². The molecule has 0 bridgehead atoms. The van der Waals surface area contributed by atoms with Crippen molar-refractivity contribution in [1.29, 1.82) is 0 Å². The van der Waals surface area contributed by atoms with Gasteiger partial charge in [0.1, 0.15) is 5.65 Å². The lowest BCUT2D eigenvalue weighted by Crippen LogP contribution is -2.14. The van der Waals surface area contributed by atoms with Gasteiger partial charge >= 0.3 is 0 Å². The maximum atomic E-state index is 12.4. The van der Waals surface area contributed by atoms with E-state index in [0.717, 1.165) is 29.0 Å². The Kier molecular flexibility index (Phi) is 4.41. The quantitative estimate of drug-likeness (QED) is 0.559. The normalized spacial score (nSPS) is 13.4. The van der Waals surface area contributed by atoms with Crippen LogP contribution in [-0.4, -0.2) is 20.3 Å². The monoisotopic (exact) mass is 388 g/mol. The van der Waals surface area contributed by atoms with E-state index in [0.29, 0.717) is 5.13 Å². The average Bonchev–Trinajstić information content (AvgIpc) is 3.33. The highest BCUT2D eigenvalue weighted by Crippen LogP contribution is 2.29. The maximum absolute atomic E-state index is 12.4. The first-order chi connectivity index (χ1) is 13.7. The molecule has 28 heavy (non-hydrogen) atoms. The molecule has 140 valence electrons. The van der Waals surface area contributed by atoms with Gasteiger partial charge in [-0.05, 0) is 55.0 Å². The first kappa shape index (κ1) is 17.1. The third kappa shape index (κ3) is 3.43. The molecule has 1 N–H and O–H groups in total. The lowest BCUT2D eigenvalue weighted by atomic mass is 9.90. The number of anilines is 1. The van der Waals surface area contributed by atoms with Crippen molar-refractivity contribution in [3.05, 3.63) is 71.0 Å². The number of benzene rings is 1. The van der Waals surface area contributed by atoms with E-state index in [4.69, 9.17) is 0 Å². The van der Waals surface area contributed by atoms with Crippen LogP contribution in [0.4, 0.5) is 5.13 Å². The number of thiazole rings is 1. The van der Waals surface area contributed by atoms with Gasteiger partial charge < -0.3 is 9.72 Å². The summed E-state index contributed by atoms with van der Waals surface area (Å²) in [5.41, 5.74) is 6.53. The largest absolute Gasteiger partial charge is 0.307 e. The van der Waals surface area contributed by atoms with Crippen LogP contribution < -0.4 is 5.32 Å². The highest BCUT2D eigenvalue weighted by Gasteiger charge is 2.13. The van der Waals surface area contributed by atoms with E-state index in [1.54, 1.807) is 0 Å². The van der Waals surface area contributed by atoms with Gasteiger partial charge in [0.25, 0.3) is 0 Å². The molecular weight excluding hydrogens is 368 g/mol. The number of imidazole rings is 1. The van der Waals surface area contributed by atoms with Crippen LogP contribution in [0.1, 0.15) is 29.7 Å². The Labute approximate surface area is 167 Å². The molecule has 1 amide bonds. The van der Waals surface area contributed by atoms with Crippen molar-refractivity contribution in [3.63, 3.8) is 0 Å². The van der Waals surface area contributed by atoms with Gasteiger partial charge in [-0.3, -0.25) is 4.79 Å². The number of fused-ring (bicyclic) bond motifs is 2. The van der Waals surface area contributed by atoms with Crippen LogP contribution in [0.15, 0.2) is 54.2 Å². The lowest BCUT2D eigenvalue weighted by molar-refractivity contribution is -0.115. The number of hydrogen-bond donors (Lipinski definition) is 1. The molecule has 5 nitrogen and oxygen atoms in total. The summed E-state index contributed by atoms with van der Waals surface area (Å²) in [4.78, 5) is 21.5. The van der Waals surface area contributed by atoms with E-state index >= 15 is 0 Å². The van der Waals surface area contributed by atoms with Crippen LogP contribution in [-0.2, 0) is 24.1 Å². The molecule has 0 saturated heterocycles. The fourth-order valence-electron chi connectivity index (χ4n) is 3.76. The van der Waals surface area contributed by atoms with Crippen LogP contribution >= 0.6 is 11.3 Å². The summed E-state index contributed by atoms with van der Waals surface area (Å²) in [6.45, 7) is 0. The molecule has 0 spiro atoms. The molecule has 0 aliphatic heterocycles. The summed E-state index contributed by atoms with van der Waals surface area (Å²) < 4.78 is 1.92. The smallest absolute Gasteiger partial charge is 0.232 e. The van der Waals surface area contributed by atoms with E-state index in [1.807, 2.05) is 40.4 Å². The number of carbonyl (C=O) groups is 1. The van der Waals surface area contributed by atoms with Gasteiger partial charge in [0.2, 0.25) is 5.91 Å². The van der Waals surface area contributed by atoms with Crippen LogP contribution in [0, 0.1) is 0 Å². The highest BCUT2D eigenvalue weighted by molar-refractivity contribution is 7.14. The predicted octanol–water partition coefficient (Wildman–Crippen LogP) is 4.52. The number of pyridine rings is 1. The van der Waals surface area contributed by atoms with Crippen molar-refractivity contribution in [2.75, 3.05) is 5.32 Å². The van der Waals surface area contributed by atoms with E-state index in [2.05, 4.69) is 33.5 Å². The van der Waals surface area contributed by atoms with Gasteiger partial charge in [0.05, 0.1) is 17.8 Å². The summed E-state index contributed by atoms with van der Waals surface area (Å²) in [6, 6.07) is 12.4. The number of nitrogens with zero attached hydrogens (tertiary/aromatic N) is 3. The van der Waals surface area contributed by atoms with Crippen LogP contribution in [0.5, 0.6) is 0 Å². The SMILES string of the molecule is O=C(Cc1cn2ccccc2n1)Nc1nc(-c2ccc3c(c2)CCCC3)cs1. The summed E-state index contributed by atoms with van der Waals surface area (Å²) in [6.07, 6.45) is 8.91. The number of rotatable bonds is 4. The molecule has 0 unspecified atom stereocenters. The summed E-state index contributed by atoms with van der Waals surface area (Å²) in [5, 5.41) is 5.54. The molecule has 0 atom stereocenters. The molecule has 0 fully saturated rings. The summed E-state index contributed by atoms with van der Waals surface area (Å²) in [7, 11) is 0. The van der Waals surface area contributed by atoms with E-state index < -0.39 is 0 Å². The van der Waals surface area contributed by atoms with Crippen LogP contribution in [0.25, 0.3) is 16.9 Å². The Hall–Kier alpha value is -2.99. The zero-order chi connectivity index (χ0) is 18.9. The van der Waals surface area contributed by atoms with Crippen LogP contribution in [0.3, 0.4) is 0 Å². The van der Waals surface area contributed by atoms with Gasteiger partial charge in [-0.15, -0.1) is 11.3 Å². The van der Waals surface area contributed by atoms with Crippen molar-refractivity contribution in [2.45, 2.75) is 32.1 Å². The third-order valence-electron chi connectivity index (χ3n) is 5.15. The second-order valence-electron chi connectivity index (χ2n) is 7.15. The van der Waals surface area contributed by atoms with Crippen molar-refractivity contribution in [3.8, 4) is 11.3 Å². The first-order valence-electron chi connectivity index (χ1n) is 9.55. The zero-order valence-corrected chi connectivity index (χ0v) is 16.2. The Bertz CT molecular complexity index is 1130. The van der Waals surface area contributed by atoms with Gasteiger partial charge in [-0.2, -0.15) is 0 Å². The molecule has 1 aromatic carbocycles. The number of aromatic nitrogens is 3. The zero-order valence-electron chi connectivity index (χ0n) is 15.4. The van der Waals surface area contributed by atoms with Crippen LogP contribution in [0.2, 0.25) is 0 Å². The van der Waals surface area contributed by atoms with Gasteiger partial charge in [-0.1, -0.05) is 18.2 Å². The summed E-state index contributed by atoms with van der Waals surface area (Å²) in [5.74, 6) is -0.102. The summed E-state index contributed by atoms with van der Waals surface area (Å²) >= 11 is 1.46. The van der Waals surface area contributed by atoms with Crippen molar-refractivity contribution < 1.29 is 4.79 Å². The Morgan fingerprint density at radius 2 is 2.00 bits per heavy atom. The van der Waals surface area contributed by atoms with E-state index in [1.165, 1.54) is 41.7 Å². The minimum absolute atomic E-state index is 0.102. The lowest BCUT2D eigenvalue weighted by Gasteiger charge is -2.16. The van der Waals surface area contributed by atoms with E-state index in [-0.39, 0.29) is 12.3 Å². The molecule has 5 rings (SSSR count). The average molecular weight is 388 g/mol. The molecule has 1 aliphatic rings. The fourth-order valence-corrected chi connectivity index (χ4v) is 4.49. The Morgan fingerprint density at radius 3 is 2.89 bits per heavy atom. The van der Waals surface area contributed by atoms with Crippen molar-refractivity contribution in [2.24, 2.45) is 0 Å². The third-order valence-corrected chi connectivity index (χ3v) is 5.91. The van der Waals surface area contributed by atoms with Gasteiger partial charge in [0, 0.05) is 23.3 Å². The number of hydrogen-bond acceptors (Lipinski definition) is 4. The molecule has 4 aromatic rings. The second-order valence-corrected chi connectivity index (χ2v) is 8.01. The molecule has 3 heterocycles. The van der Waals surface area contributed by atoms with Gasteiger partial charge in [-0.25, -0.2) is 9.97 Å². The second kappa shape index (κ2) is 7.20. The Morgan fingerprint density at radius 1 is 1.11 bits per heavy atom. The molecule has 1 aliphatic carbocycles. The minimum Gasteiger partial charge on any atom is -0.307 e. The Balaban J connectivity index is 1.29. The minimum atomic E-state index is -0.102. The molecule has 0 saturated carbocycles. The molecule has 6 heteroatoms. The van der Waals surface area contributed by atoms with Crippen molar-refractivity contribution >= 4 is 28.0 Å². The standard InChI is InChI=1S/C22H20N4OS/c27-21(12-18-13-26-10-4-3-7-20(26)23-18)25-22-24-19(14-28-22)17-9-8-15-5-1-2-6-16(15)11-17/h3-4,7-11,13-14H,1-2,5-6,12H2,(H,24,25,27). The predicted molar refractivity (Wildman–Crippen MR) is 112 cm³/mol. The number of nitrogens with one attached hydrogen (secondary N) is 1. The number of amides is 1. The number of carbonyl (C=O) groups excluding carboxylic acids is 1. The first-order valence-corrected chi connectivity index (χ1v) is 10.4.